The number of hydroxylamine groups is 1. The van der Waals surface area contributed by atoms with Crippen LogP contribution in [-0.4, -0.2) is 51.4 Å². The summed E-state index contributed by atoms with van der Waals surface area (Å²) in [5.74, 6) is -1.50. The first-order valence-corrected chi connectivity index (χ1v) is 12.1. The van der Waals surface area contributed by atoms with Gasteiger partial charge >= 0.3 is 6.18 Å². The molecular weight excluding hydrogens is 457 g/mol. The van der Waals surface area contributed by atoms with Gasteiger partial charge in [0.1, 0.15) is 5.65 Å². The van der Waals surface area contributed by atoms with Crippen LogP contribution in [0.1, 0.15) is 60.0 Å². The predicted molar refractivity (Wildman–Crippen MR) is 127 cm³/mol. The number of pyridine rings is 1. The molecule has 1 aromatic carbocycles. The molecule has 1 atom stereocenters. The van der Waals surface area contributed by atoms with E-state index in [-0.39, 0.29) is 13.0 Å². The first-order chi connectivity index (χ1) is 16.8. The van der Waals surface area contributed by atoms with Gasteiger partial charge in [-0.2, -0.15) is 13.2 Å². The van der Waals surface area contributed by atoms with Crippen molar-refractivity contribution in [2.75, 3.05) is 19.6 Å². The zero-order chi connectivity index (χ0) is 25.0. The van der Waals surface area contributed by atoms with Gasteiger partial charge in [-0.25, -0.2) is 10.5 Å². The summed E-state index contributed by atoms with van der Waals surface area (Å²) in [6, 6.07) is 11.1. The molecule has 3 heterocycles. The van der Waals surface area contributed by atoms with E-state index in [4.69, 9.17) is 10.2 Å². The lowest BCUT2D eigenvalue weighted by Gasteiger charge is -2.35. The second-order valence-corrected chi connectivity index (χ2v) is 9.37. The van der Waals surface area contributed by atoms with Gasteiger partial charge in [0, 0.05) is 36.4 Å². The number of rotatable bonds is 8. The normalized spacial score (nSPS) is 16.5. The fourth-order valence-corrected chi connectivity index (χ4v) is 4.94. The van der Waals surface area contributed by atoms with Crippen LogP contribution in [0.4, 0.5) is 13.2 Å². The van der Waals surface area contributed by atoms with Gasteiger partial charge in [0.2, 0.25) is 0 Å². The van der Waals surface area contributed by atoms with Crippen molar-refractivity contribution < 1.29 is 23.2 Å². The fourth-order valence-electron chi connectivity index (χ4n) is 4.94. The molecule has 1 fully saturated rings. The molecule has 1 unspecified atom stereocenters. The third kappa shape index (κ3) is 6.02. The minimum atomic E-state index is -4.13. The van der Waals surface area contributed by atoms with Gasteiger partial charge in [-0.15, -0.1) is 0 Å². The van der Waals surface area contributed by atoms with E-state index < -0.39 is 18.0 Å². The van der Waals surface area contributed by atoms with E-state index >= 15 is 0 Å². The number of likely N-dealkylation sites (tertiary alicyclic amines) is 1. The molecule has 0 radical (unpaired) electrons. The zero-order valence-corrected chi connectivity index (χ0v) is 19.8. The summed E-state index contributed by atoms with van der Waals surface area (Å²) in [4.78, 5) is 18.1. The van der Waals surface area contributed by atoms with E-state index in [2.05, 4.69) is 6.07 Å². The van der Waals surface area contributed by atoms with Crippen molar-refractivity contribution in [1.82, 2.24) is 19.9 Å². The molecule has 0 aliphatic carbocycles. The Kier molecular flexibility index (Phi) is 7.76. The SMILES string of the molecule is CCCC(CN1CCC(c2cnc3c(ccn3Cc3ccc(C(=O)NO)cc3)c2)CC1)C(F)(F)F. The molecule has 0 saturated carbocycles. The summed E-state index contributed by atoms with van der Waals surface area (Å²) in [6.07, 6.45) is 2.12. The van der Waals surface area contributed by atoms with E-state index in [1.807, 2.05) is 40.1 Å². The van der Waals surface area contributed by atoms with Gasteiger partial charge < -0.3 is 9.47 Å². The Balaban J connectivity index is 1.38. The van der Waals surface area contributed by atoms with Crippen LogP contribution in [0.25, 0.3) is 11.0 Å². The van der Waals surface area contributed by atoms with Gasteiger partial charge in [0.15, 0.2) is 0 Å². The number of hydrogen-bond donors (Lipinski definition) is 2. The highest BCUT2D eigenvalue weighted by molar-refractivity contribution is 5.93. The van der Waals surface area contributed by atoms with Crippen LogP contribution in [-0.2, 0) is 6.54 Å². The number of carbonyl (C=O) groups excluding carboxylic acids is 1. The molecule has 0 bridgehead atoms. The monoisotopic (exact) mass is 488 g/mol. The van der Waals surface area contributed by atoms with E-state index in [1.165, 1.54) is 0 Å². The minimum Gasteiger partial charge on any atom is -0.328 e. The van der Waals surface area contributed by atoms with Crippen molar-refractivity contribution in [3.05, 3.63) is 65.5 Å². The first kappa shape index (κ1) is 25.2. The van der Waals surface area contributed by atoms with Crippen LogP contribution in [0.15, 0.2) is 48.8 Å². The number of hydrogen-bond acceptors (Lipinski definition) is 4. The number of amides is 1. The van der Waals surface area contributed by atoms with E-state index in [0.717, 1.165) is 35.0 Å². The molecule has 1 saturated heterocycles. The number of halogens is 3. The van der Waals surface area contributed by atoms with Crippen molar-refractivity contribution in [1.29, 1.82) is 0 Å². The molecule has 2 N–H and O–H groups in total. The van der Waals surface area contributed by atoms with Crippen molar-refractivity contribution in [3.63, 3.8) is 0 Å². The summed E-state index contributed by atoms with van der Waals surface area (Å²) < 4.78 is 41.9. The Hall–Kier alpha value is -2.91. The smallest absolute Gasteiger partial charge is 0.328 e. The fraction of sp³-hybridized carbons (Fsp3) is 0.462. The highest BCUT2D eigenvalue weighted by atomic mass is 19.4. The molecular formula is C26H31F3N4O2. The lowest BCUT2D eigenvalue weighted by Crippen LogP contribution is -2.40. The number of carbonyl (C=O) groups is 1. The number of piperidine rings is 1. The van der Waals surface area contributed by atoms with Crippen molar-refractivity contribution in [2.45, 2.75) is 51.2 Å². The topological polar surface area (TPSA) is 70.4 Å². The number of alkyl halides is 3. The van der Waals surface area contributed by atoms with Crippen molar-refractivity contribution in [3.8, 4) is 0 Å². The molecule has 4 rings (SSSR count). The highest BCUT2D eigenvalue weighted by Crippen LogP contribution is 2.34. The third-order valence-electron chi connectivity index (χ3n) is 6.93. The van der Waals surface area contributed by atoms with Crippen LogP contribution < -0.4 is 5.48 Å². The Morgan fingerprint density at radius 2 is 1.91 bits per heavy atom. The maximum Gasteiger partial charge on any atom is 0.393 e. The lowest BCUT2D eigenvalue weighted by atomic mass is 9.89. The van der Waals surface area contributed by atoms with Gasteiger partial charge in [0.05, 0.1) is 5.92 Å². The van der Waals surface area contributed by atoms with E-state index in [1.54, 1.807) is 24.5 Å². The maximum absolute atomic E-state index is 13.3. The standard InChI is InChI=1S/C26H31F3N4O2/c1-2-3-23(26(27,28)29)17-32-11-8-19(9-12-32)22-14-21-10-13-33(24(21)30-15-22)16-18-4-6-20(7-5-18)25(34)31-35/h4-7,10,13-15,19,23,35H,2-3,8-9,11-12,16-17H2,1H3,(H,31,34). The van der Waals surface area contributed by atoms with Crippen molar-refractivity contribution >= 4 is 16.9 Å². The summed E-state index contributed by atoms with van der Waals surface area (Å²) in [6.45, 7) is 3.83. The molecule has 3 aromatic rings. The largest absolute Gasteiger partial charge is 0.393 e. The second-order valence-electron chi connectivity index (χ2n) is 9.37. The molecule has 1 aliphatic heterocycles. The summed E-state index contributed by atoms with van der Waals surface area (Å²) in [5.41, 5.74) is 4.99. The Morgan fingerprint density at radius 1 is 1.20 bits per heavy atom. The minimum absolute atomic E-state index is 0.0931. The number of fused-ring (bicyclic) bond motifs is 1. The third-order valence-corrected chi connectivity index (χ3v) is 6.93. The summed E-state index contributed by atoms with van der Waals surface area (Å²) >= 11 is 0. The zero-order valence-electron chi connectivity index (χ0n) is 19.8. The average molecular weight is 489 g/mol. The molecule has 188 valence electrons. The predicted octanol–water partition coefficient (Wildman–Crippen LogP) is 5.36. The van der Waals surface area contributed by atoms with E-state index in [9.17, 15) is 18.0 Å². The van der Waals surface area contributed by atoms with Gasteiger partial charge in [-0.1, -0.05) is 25.5 Å². The van der Waals surface area contributed by atoms with Gasteiger partial charge in [0.25, 0.3) is 5.91 Å². The Morgan fingerprint density at radius 3 is 2.54 bits per heavy atom. The number of benzene rings is 1. The molecule has 35 heavy (non-hydrogen) atoms. The lowest BCUT2D eigenvalue weighted by molar-refractivity contribution is -0.181. The number of nitrogens with zero attached hydrogens (tertiary/aromatic N) is 3. The molecule has 2 aromatic heterocycles. The molecule has 0 spiro atoms. The quantitative estimate of drug-likeness (QED) is 0.331. The highest BCUT2D eigenvalue weighted by Gasteiger charge is 2.40. The summed E-state index contributed by atoms with van der Waals surface area (Å²) in [5, 5.41) is 9.77. The van der Waals surface area contributed by atoms with Crippen molar-refractivity contribution in [2.24, 2.45) is 5.92 Å². The molecule has 9 heteroatoms. The van der Waals surface area contributed by atoms with Crippen LogP contribution in [0.3, 0.4) is 0 Å². The first-order valence-electron chi connectivity index (χ1n) is 12.1. The number of aromatic nitrogens is 2. The van der Waals surface area contributed by atoms with Crippen LogP contribution in [0, 0.1) is 5.92 Å². The molecule has 1 amide bonds. The molecule has 1 aliphatic rings. The van der Waals surface area contributed by atoms with Crippen LogP contribution in [0.2, 0.25) is 0 Å². The maximum atomic E-state index is 13.3. The van der Waals surface area contributed by atoms with Crippen LogP contribution >= 0.6 is 0 Å². The summed E-state index contributed by atoms with van der Waals surface area (Å²) in [7, 11) is 0. The number of nitrogens with one attached hydrogen (secondary N) is 1. The average Bonchev–Trinajstić information content (AvgIpc) is 3.25. The van der Waals surface area contributed by atoms with Gasteiger partial charge in [-0.05, 0) is 73.7 Å². The molecule has 6 nitrogen and oxygen atoms in total. The Bertz CT molecular complexity index is 1140. The second kappa shape index (κ2) is 10.8. The van der Waals surface area contributed by atoms with E-state index in [0.29, 0.717) is 37.5 Å². The Labute approximate surface area is 202 Å². The van der Waals surface area contributed by atoms with Crippen LogP contribution in [0.5, 0.6) is 0 Å². The van der Waals surface area contributed by atoms with Gasteiger partial charge in [-0.3, -0.25) is 10.0 Å².